The zero-order valence-corrected chi connectivity index (χ0v) is 15.3. The average molecular weight is 363 g/mol. The molecule has 3 rings (SSSR count). The van der Waals surface area contributed by atoms with Crippen LogP contribution in [-0.4, -0.2) is 63.6 Å². The molecule has 2 aromatic heterocycles. The number of methoxy groups -OCH3 is 1. The fourth-order valence-corrected chi connectivity index (χ4v) is 2.87. The predicted molar refractivity (Wildman–Crippen MR) is 91.5 cm³/mol. The van der Waals surface area contributed by atoms with Gasteiger partial charge < -0.3 is 18.9 Å². The molecule has 26 heavy (non-hydrogen) atoms. The van der Waals surface area contributed by atoms with Crippen LogP contribution in [0.15, 0.2) is 16.8 Å². The number of ether oxygens (including phenoxy) is 2. The monoisotopic (exact) mass is 363 g/mol. The van der Waals surface area contributed by atoms with Crippen molar-refractivity contribution < 1.29 is 18.8 Å². The zero-order chi connectivity index (χ0) is 18.4. The van der Waals surface area contributed by atoms with Gasteiger partial charge in [0.25, 0.3) is 11.8 Å². The van der Waals surface area contributed by atoms with Crippen LogP contribution in [-0.2, 0) is 29.0 Å². The van der Waals surface area contributed by atoms with Gasteiger partial charge in [-0.05, 0) is 25.8 Å². The highest BCUT2D eigenvalue weighted by Gasteiger charge is 2.25. The molecule has 0 aliphatic carbocycles. The lowest BCUT2D eigenvalue weighted by atomic mass is 10.1. The Balaban J connectivity index is 1.42. The Morgan fingerprint density at radius 2 is 2.19 bits per heavy atom. The number of nitrogens with zero attached hydrogens (tertiary/aromatic N) is 5. The van der Waals surface area contributed by atoms with Gasteiger partial charge in [-0.15, -0.1) is 0 Å². The average Bonchev–Trinajstić information content (AvgIpc) is 3.34. The highest BCUT2D eigenvalue weighted by molar-refractivity contribution is 5.92. The van der Waals surface area contributed by atoms with Crippen molar-refractivity contribution >= 4 is 5.91 Å². The minimum absolute atomic E-state index is 0.0182. The first kappa shape index (κ1) is 18.5. The summed E-state index contributed by atoms with van der Waals surface area (Å²) in [6, 6.07) is 1.77. The highest BCUT2D eigenvalue weighted by atomic mass is 16.5. The topological polar surface area (TPSA) is 95.5 Å². The van der Waals surface area contributed by atoms with Gasteiger partial charge in [-0.1, -0.05) is 5.16 Å². The molecule has 0 saturated carbocycles. The van der Waals surface area contributed by atoms with E-state index in [1.165, 1.54) is 0 Å². The van der Waals surface area contributed by atoms with Gasteiger partial charge in [0, 0.05) is 39.4 Å². The Bertz CT molecular complexity index is 706. The molecule has 0 aromatic carbocycles. The lowest BCUT2D eigenvalue weighted by molar-refractivity contribution is -0.00989. The molecule has 142 valence electrons. The Kier molecular flexibility index (Phi) is 6.35. The molecule has 1 saturated heterocycles. The Hall–Kier alpha value is -2.26. The Morgan fingerprint density at radius 3 is 2.88 bits per heavy atom. The molecule has 0 unspecified atom stereocenters. The molecule has 9 nitrogen and oxygen atoms in total. The minimum atomic E-state index is -0.0182. The van der Waals surface area contributed by atoms with E-state index in [9.17, 15) is 4.79 Å². The maximum absolute atomic E-state index is 12.5. The summed E-state index contributed by atoms with van der Waals surface area (Å²) in [5.74, 6) is 1.08. The van der Waals surface area contributed by atoms with Crippen LogP contribution in [0.2, 0.25) is 0 Å². The summed E-state index contributed by atoms with van der Waals surface area (Å²) in [6.45, 7) is 4.92. The molecule has 0 N–H and O–H groups in total. The molecule has 0 radical (unpaired) electrons. The number of carbonyl (C=O) groups is 1. The lowest BCUT2D eigenvalue weighted by Gasteiger charge is -2.31. The summed E-state index contributed by atoms with van der Waals surface area (Å²) in [5, 5.41) is 8.17. The molecule has 0 atom stereocenters. The summed E-state index contributed by atoms with van der Waals surface area (Å²) in [4.78, 5) is 18.6. The van der Waals surface area contributed by atoms with E-state index in [-0.39, 0.29) is 12.0 Å². The summed E-state index contributed by atoms with van der Waals surface area (Å²) < 4.78 is 17.8. The van der Waals surface area contributed by atoms with Gasteiger partial charge in [0.1, 0.15) is 12.3 Å². The van der Waals surface area contributed by atoms with Crippen molar-refractivity contribution in [3.63, 3.8) is 0 Å². The van der Waals surface area contributed by atoms with Gasteiger partial charge in [-0.3, -0.25) is 9.48 Å². The molecular formula is C17H25N5O4. The number of aromatic nitrogens is 4. The van der Waals surface area contributed by atoms with Gasteiger partial charge in [0.15, 0.2) is 5.82 Å². The van der Waals surface area contributed by atoms with Gasteiger partial charge in [-0.25, -0.2) is 0 Å². The van der Waals surface area contributed by atoms with Gasteiger partial charge in [-0.2, -0.15) is 10.1 Å². The number of carbonyl (C=O) groups excluding carboxylic acids is 1. The Morgan fingerprint density at radius 1 is 1.38 bits per heavy atom. The van der Waals surface area contributed by atoms with Crippen molar-refractivity contribution in [2.45, 2.75) is 45.4 Å². The van der Waals surface area contributed by atoms with Gasteiger partial charge in [0.2, 0.25) is 0 Å². The first-order valence-corrected chi connectivity index (χ1v) is 8.94. The molecule has 9 heteroatoms. The van der Waals surface area contributed by atoms with E-state index in [4.69, 9.17) is 14.0 Å². The van der Waals surface area contributed by atoms with Crippen LogP contribution >= 0.6 is 0 Å². The van der Waals surface area contributed by atoms with Crippen LogP contribution in [0.4, 0.5) is 0 Å². The smallest absolute Gasteiger partial charge is 0.274 e. The van der Waals surface area contributed by atoms with Crippen molar-refractivity contribution in [2.24, 2.45) is 0 Å². The second-order valence-corrected chi connectivity index (χ2v) is 6.21. The van der Waals surface area contributed by atoms with Crippen molar-refractivity contribution in [2.75, 3.05) is 26.8 Å². The fraction of sp³-hybridized carbons (Fsp3) is 0.647. The summed E-state index contributed by atoms with van der Waals surface area (Å²) in [7, 11) is 1.64. The van der Waals surface area contributed by atoms with E-state index in [0.29, 0.717) is 50.1 Å². The first-order valence-electron chi connectivity index (χ1n) is 8.94. The van der Waals surface area contributed by atoms with Crippen molar-refractivity contribution in [1.29, 1.82) is 0 Å². The summed E-state index contributed by atoms with van der Waals surface area (Å²) >= 11 is 0. The highest BCUT2D eigenvalue weighted by Crippen LogP contribution is 2.17. The molecule has 1 fully saturated rings. The van der Waals surface area contributed by atoms with E-state index < -0.39 is 0 Å². The van der Waals surface area contributed by atoms with E-state index in [2.05, 4.69) is 15.2 Å². The van der Waals surface area contributed by atoms with Crippen LogP contribution in [0.25, 0.3) is 0 Å². The maximum Gasteiger partial charge on any atom is 0.274 e. The number of amides is 1. The quantitative estimate of drug-likeness (QED) is 0.697. The van der Waals surface area contributed by atoms with E-state index >= 15 is 0 Å². The lowest BCUT2D eigenvalue weighted by Crippen LogP contribution is -2.41. The van der Waals surface area contributed by atoms with Crippen LogP contribution in [0, 0.1) is 0 Å². The second kappa shape index (κ2) is 8.91. The molecule has 1 aliphatic heterocycles. The summed E-state index contributed by atoms with van der Waals surface area (Å²) in [6.07, 6.45) is 4.10. The number of hydrogen-bond donors (Lipinski definition) is 0. The molecule has 0 spiro atoms. The number of likely N-dealkylation sites (tertiary alicyclic amines) is 1. The van der Waals surface area contributed by atoms with Crippen LogP contribution in [0.1, 0.15) is 42.0 Å². The Labute approximate surface area is 152 Å². The third-order valence-corrected chi connectivity index (χ3v) is 4.40. The third-order valence-electron chi connectivity index (χ3n) is 4.40. The zero-order valence-electron chi connectivity index (χ0n) is 15.3. The molecule has 1 aliphatic rings. The van der Waals surface area contributed by atoms with E-state index in [1.54, 1.807) is 17.9 Å². The van der Waals surface area contributed by atoms with E-state index in [1.807, 2.05) is 18.0 Å². The van der Waals surface area contributed by atoms with Crippen LogP contribution in [0.3, 0.4) is 0 Å². The maximum atomic E-state index is 12.5. The van der Waals surface area contributed by atoms with Crippen LogP contribution in [0.5, 0.6) is 0 Å². The number of piperidine rings is 1. The van der Waals surface area contributed by atoms with Gasteiger partial charge >= 0.3 is 0 Å². The fourth-order valence-electron chi connectivity index (χ4n) is 2.87. The van der Waals surface area contributed by atoms with Crippen LogP contribution < -0.4 is 0 Å². The molecule has 2 aromatic rings. The van der Waals surface area contributed by atoms with Crippen molar-refractivity contribution in [3.05, 3.63) is 29.7 Å². The molecule has 3 heterocycles. The standard InChI is InChI=1S/C17H25N5O4/c1-3-22-10-6-14(19-22)17(23)21-8-4-13(5-9-21)25-12-16-18-15(20-26-16)7-11-24-2/h6,10,13H,3-5,7-9,11-12H2,1-2H3. The van der Waals surface area contributed by atoms with Crippen molar-refractivity contribution in [1.82, 2.24) is 24.8 Å². The normalized spacial score (nSPS) is 15.5. The SMILES string of the molecule is CCn1ccc(C(=O)N2CCC(OCc3nc(CCOC)no3)CC2)n1. The minimum Gasteiger partial charge on any atom is -0.384 e. The third kappa shape index (κ3) is 4.67. The second-order valence-electron chi connectivity index (χ2n) is 6.21. The largest absolute Gasteiger partial charge is 0.384 e. The number of rotatable bonds is 8. The number of aryl methyl sites for hydroxylation is 1. The first-order chi connectivity index (χ1) is 12.7. The number of hydrogen-bond acceptors (Lipinski definition) is 7. The van der Waals surface area contributed by atoms with E-state index in [0.717, 1.165) is 19.4 Å². The van der Waals surface area contributed by atoms with Gasteiger partial charge in [0.05, 0.1) is 12.7 Å². The van der Waals surface area contributed by atoms with Crippen molar-refractivity contribution in [3.8, 4) is 0 Å². The molecular weight excluding hydrogens is 338 g/mol. The molecule has 0 bridgehead atoms. The summed E-state index contributed by atoms with van der Waals surface area (Å²) in [5.41, 5.74) is 0.501. The predicted octanol–water partition coefficient (Wildman–Crippen LogP) is 1.30. The molecule has 1 amide bonds.